The first-order chi connectivity index (χ1) is 11.5. The highest BCUT2D eigenvalue weighted by molar-refractivity contribution is 8.14. The lowest BCUT2D eigenvalue weighted by Gasteiger charge is -2.14. The Morgan fingerprint density at radius 3 is 2.67 bits per heavy atom. The van der Waals surface area contributed by atoms with Crippen LogP contribution in [0.4, 0.5) is 5.69 Å². The lowest BCUT2D eigenvalue weighted by Crippen LogP contribution is -2.24. The van der Waals surface area contributed by atoms with Crippen molar-refractivity contribution < 1.29 is 4.79 Å². The second kappa shape index (κ2) is 7.19. The van der Waals surface area contributed by atoms with Crippen LogP contribution in [0.2, 0.25) is 0 Å². The number of carbonyl (C=O) groups is 1. The van der Waals surface area contributed by atoms with Crippen molar-refractivity contribution in [2.75, 3.05) is 5.75 Å². The van der Waals surface area contributed by atoms with Crippen molar-refractivity contribution in [2.45, 2.75) is 20.3 Å². The third-order valence-electron chi connectivity index (χ3n) is 3.58. The van der Waals surface area contributed by atoms with E-state index in [0.29, 0.717) is 0 Å². The van der Waals surface area contributed by atoms with E-state index in [1.54, 1.807) is 23.1 Å². The first-order valence-electron chi connectivity index (χ1n) is 7.50. The Morgan fingerprint density at radius 2 is 2.04 bits per heavy atom. The minimum Gasteiger partial charge on any atom is -0.369 e. The molecule has 0 aliphatic carbocycles. The molecule has 124 valence electrons. The lowest BCUT2D eigenvalue weighted by molar-refractivity contribution is -0.117. The number of nitrogens with one attached hydrogen (secondary N) is 1. The van der Waals surface area contributed by atoms with E-state index in [1.807, 2.05) is 18.2 Å². The minimum atomic E-state index is -0.315. The van der Waals surface area contributed by atoms with E-state index in [9.17, 15) is 4.79 Å². The molecule has 3 N–H and O–H groups in total. The molecule has 5 nitrogen and oxygen atoms in total. The van der Waals surface area contributed by atoms with Crippen molar-refractivity contribution in [3.63, 3.8) is 0 Å². The predicted molar refractivity (Wildman–Crippen MR) is 102 cm³/mol. The number of carbonyl (C=O) groups excluding carboxylic acids is 1. The number of primary amides is 1. The Balaban J connectivity index is 1.75. The molecule has 0 radical (unpaired) electrons. The maximum atomic E-state index is 11.0. The van der Waals surface area contributed by atoms with E-state index in [0.717, 1.165) is 43.2 Å². The summed E-state index contributed by atoms with van der Waals surface area (Å²) in [7, 11) is 0. The van der Waals surface area contributed by atoms with Crippen LogP contribution in [0.5, 0.6) is 0 Å². The molecule has 1 aromatic heterocycles. The molecular weight excluding hydrogens is 340 g/mol. The summed E-state index contributed by atoms with van der Waals surface area (Å²) >= 11 is 3.18. The summed E-state index contributed by atoms with van der Waals surface area (Å²) < 4.78 is 0. The van der Waals surface area contributed by atoms with Gasteiger partial charge in [-0.1, -0.05) is 30.0 Å². The van der Waals surface area contributed by atoms with E-state index in [4.69, 9.17) is 10.7 Å². The first kappa shape index (κ1) is 16.7. The second-order valence-electron chi connectivity index (χ2n) is 5.53. The number of amidine groups is 1. The summed E-state index contributed by atoms with van der Waals surface area (Å²) in [5.74, 6) is 0.428. The molecule has 1 aliphatic heterocycles. The maximum Gasteiger partial charge on any atom is 0.222 e. The van der Waals surface area contributed by atoms with Crippen LogP contribution in [0, 0.1) is 13.8 Å². The number of thiophene rings is 1. The lowest BCUT2D eigenvalue weighted by atomic mass is 10.1. The predicted octanol–water partition coefficient (Wildman–Crippen LogP) is 3.12. The number of rotatable bonds is 4. The molecular formula is C17H18N4OS2. The standard InChI is InChI=1S/C17H18N4OS2/c1-10-4-3-5-11(2)16(10)19-17-21-20-13(9-23-17)14-7-6-12(24-14)8-15(18)22/h3-7H,8-9H2,1-2H3,(H2,18,22)(H,19,21). The van der Waals surface area contributed by atoms with Crippen LogP contribution < -0.4 is 11.2 Å². The van der Waals surface area contributed by atoms with Gasteiger partial charge in [0.1, 0.15) is 0 Å². The molecule has 2 aromatic rings. The van der Waals surface area contributed by atoms with Crippen molar-refractivity contribution in [3.8, 4) is 0 Å². The molecule has 0 spiro atoms. The Kier molecular flexibility index (Phi) is 5.01. The average molecular weight is 358 g/mol. The van der Waals surface area contributed by atoms with Gasteiger partial charge in [-0.3, -0.25) is 10.2 Å². The summed E-state index contributed by atoms with van der Waals surface area (Å²) in [6.07, 6.45) is 0.276. The Hall–Kier alpha value is -2.12. The average Bonchev–Trinajstić information content (AvgIpc) is 2.99. The van der Waals surface area contributed by atoms with Crippen LogP contribution in [0.15, 0.2) is 40.4 Å². The molecule has 7 heteroatoms. The van der Waals surface area contributed by atoms with Gasteiger partial charge >= 0.3 is 0 Å². The summed E-state index contributed by atoms with van der Waals surface area (Å²) in [4.78, 5) is 17.7. The molecule has 24 heavy (non-hydrogen) atoms. The number of nitrogens with zero attached hydrogens (tertiary/aromatic N) is 2. The normalized spacial score (nSPS) is 15.9. The quantitative estimate of drug-likeness (QED) is 0.881. The number of aryl methyl sites for hydroxylation is 2. The number of para-hydroxylation sites is 1. The van der Waals surface area contributed by atoms with E-state index < -0.39 is 0 Å². The molecule has 0 saturated heterocycles. The first-order valence-corrected chi connectivity index (χ1v) is 9.31. The van der Waals surface area contributed by atoms with Gasteiger partial charge in [0.15, 0.2) is 5.17 Å². The maximum absolute atomic E-state index is 11.0. The molecule has 0 bridgehead atoms. The number of thioether (sulfide) groups is 1. The van der Waals surface area contributed by atoms with Gasteiger partial charge in [-0.15, -0.1) is 11.3 Å². The smallest absolute Gasteiger partial charge is 0.222 e. The van der Waals surface area contributed by atoms with Gasteiger partial charge in [0, 0.05) is 10.6 Å². The number of benzene rings is 1. The Morgan fingerprint density at radius 1 is 1.29 bits per heavy atom. The Bertz CT molecular complexity index is 819. The SMILES string of the molecule is Cc1cccc(C)c1N=C1NN=C(c2ccc(CC(N)=O)s2)CS1. The van der Waals surface area contributed by atoms with Crippen molar-refractivity contribution in [2.24, 2.45) is 15.8 Å². The van der Waals surface area contributed by atoms with Gasteiger partial charge in [-0.05, 0) is 37.1 Å². The van der Waals surface area contributed by atoms with Crippen LogP contribution in [0.1, 0.15) is 20.9 Å². The topological polar surface area (TPSA) is 79.8 Å². The summed E-state index contributed by atoms with van der Waals surface area (Å²) in [5, 5.41) is 5.23. The zero-order valence-electron chi connectivity index (χ0n) is 13.5. The molecule has 3 rings (SSSR count). The highest BCUT2D eigenvalue weighted by Gasteiger charge is 2.16. The third kappa shape index (κ3) is 3.85. The number of nitrogens with two attached hydrogens (primary N) is 1. The molecule has 0 fully saturated rings. The minimum absolute atomic E-state index is 0.276. The van der Waals surface area contributed by atoms with Gasteiger partial charge in [0.05, 0.1) is 22.7 Å². The largest absolute Gasteiger partial charge is 0.369 e. The Labute approximate surface area is 149 Å². The highest BCUT2D eigenvalue weighted by Crippen LogP contribution is 2.26. The number of aliphatic imine (C=N–C) groups is 1. The van der Waals surface area contributed by atoms with Crippen molar-refractivity contribution in [1.82, 2.24) is 5.43 Å². The molecule has 0 saturated carbocycles. The monoisotopic (exact) mass is 358 g/mol. The zero-order valence-corrected chi connectivity index (χ0v) is 15.1. The van der Waals surface area contributed by atoms with Crippen molar-refractivity contribution >= 4 is 45.6 Å². The van der Waals surface area contributed by atoms with E-state index >= 15 is 0 Å². The fraction of sp³-hybridized carbons (Fsp3) is 0.235. The molecule has 0 unspecified atom stereocenters. The van der Waals surface area contributed by atoms with Gasteiger partial charge in [-0.25, -0.2) is 4.99 Å². The highest BCUT2D eigenvalue weighted by atomic mass is 32.2. The van der Waals surface area contributed by atoms with E-state index in [2.05, 4.69) is 36.5 Å². The van der Waals surface area contributed by atoms with Gasteiger partial charge in [0.25, 0.3) is 0 Å². The summed E-state index contributed by atoms with van der Waals surface area (Å²) in [6, 6.07) is 10.1. The van der Waals surface area contributed by atoms with Crippen LogP contribution in [0.3, 0.4) is 0 Å². The number of amides is 1. The molecule has 1 aliphatic rings. The molecule has 0 atom stereocenters. The van der Waals surface area contributed by atoms with Crippen LogP contribution in [0.25, 0.3) is 0 Å². The number of hydrogen-bond donors (Lipinski definition) is 2. The molecule has 1 aromatic carbocycles. The number of hydrazone groups is 1. The van der Waals surface area contributed by atoms with Gasteiger partial charge in [0.2, 0.25) is 5.91 Å². The van der Waals surface area contributed by atoms with Gasteiger partial charge in [-0.2, -0.15) is 5.10 Å². The fourth-order valence-corrected chi connectivity index (χ4v) is 4.24. The second-order valence-corrected chi connectivity index (χ2v) is 7.66. The fourth-order valence-electron chi connectivity index (χ4n) is 2.38. The molecule has 2 heterocycles. The van der Waals surface area contributed by atoms with Crippen LogP contribution >= 0.6 is 23.1 Å². The zero-order chi connectivity index (χ0) is 17.1. The van der Waals surface area contributed by atoms with E-state index in [-0.39, 0.29) is 12.3 Å². The third-order valence-corrected chi connectivity index (χ3v) is 5.59. The molecule has 1 amide bonds. The summed E-state index contributed by atoms with van der Waals surface area (Å²) in [5.41, 5.74) is 12.5. The van der Waals surface area contributed by atoms with E-state index in [1.165, 1.54) is 0 Å². The number of hydrogen-bond acceptors (Lipinski definition) is 5. The van der Waals surface area contributed by atoms with Crippen molar-refractivity contribution in [3.05, 3.63) is 51.2 Å². The van der Waals surface area contributed by atoms with Crippen molar-refractivity contribution in [1.29, 1.82) is 0 Å². The summed E-state index contributed by atoms with van der Waals surface area (Å²) in [6.45, 7) is 4.11. The van der Waals surface area contributed by atoms with Gasteiger partial charge < -0.3 is 5.73 Å². The van der Waals surface area contributed by atoms with Crippen LogP contribution in [-0.2, 0) is 11.2 Å². The van der Waals surface area contributed by atoms with Crippen LogP contribution in [-0.4, -0.2) is 22.5 Å².